The molecule has 184 valence electrons. The zero-order valence-electron chi connectivity index (χ0n) is 19.6. The van der Waals surface area contributed by atoms with Crippen molar-refractivity contribution in [2.45, 2.75) is 19.4 Å². The van der Waals surface area contributed by atoms with Crippen LogP contribution in [0.1, 0.15) is 39.7 Å². The first-order valence-electron chi connectivity index (χ1n) is 11.7. The van der Waals surface area contributed by atoms with Gasteiger partial charge in [-0.05, 0) is 60.9 Å². The van der Waals surface area contributed by atoms with E-state index < -0.39 is 0 Å². The van der Waals surface area contributed by atoms with Crippen molar-refractivity contribution in [1.29, 1.82) is 0 Å². The van der Waals surface area contributed by atoms with E-state index in [1.165, 1.54) is 0 Å². The van der Waals surface area contributed by atoms with Gasteiger partial charge in [-0.25, -0.2) is 4.98 Å². The quantitative estimate of drug-likeness (QED) is 0.252. The van der Waals surface area contributed by atoms with Crippen LogP contribution in [-0.4, -0.2) is 60.0 Å². The van der Waals surface area contributed by atoms with Gasteiger partial charge in [0.05, 0.1) is 0 Å². The second kappa shape index (κ2) is 12.2. The SMILES string of the molecule is Cc1cc(C(=O)N2CCN(CCCOC(c3ccc(Cl)cc3)c3ccc(Cl)cc3)CC2)cc(Cl)n1. The van der Waals surface area contributed by atoms with Gasteiger partial charge in [-0.1, -0.05) is 59.1 Å². The van der Waals surface area contributed by atoms with Crippen LogP contribution in [0, 0.1) is 6.92 Å². The Kier molecular flexibility index (Phi) is 9.04. The molecule has 1 saturated heterocycles. The molecular weight excluding hydrogens is 505 g/mol. The van der Waals surface area contributed by atoms with Crippen LogP contribution >= 0.6 is 34.8 Å². The van der Waals surface area contributed by atoms with E-state index in [0.29, 0.717) is 40.5 Å². The number of amides is 1. The standard InChI is InChI=1S/C27H28Cl3N3O2/c1-19-17-22(18-25(30)31-19)27(34)33-14-12-32(13-15-33)11-2-16-35-26(20-3-7-23(28)8-4-20)21-5-9-24(29)10-6-21/h3-10,17-18,26H,2,11-16H2,1H3. The summed E-state index contributed by atoms with van der Waals surface area (Å²) in [6.45, 7) is 6.42. The van der Waals surface area contributed by atoms with Gasteiger partial charge in [-0.15, -0.1) is 0 Å². The van der Waals surface area contributed by atoms with E-state index in [2.05, 4.69) is 9.88 Å². The number of piperazine rings is 1. The lowest BCUT2D eigenvalue weighted by atomic mass is 10.0. The van der Waals surface area contributed by atoms with Gasteiger partial charge in [0.2, 0.25) is 0 Å². The summed E-state index contributed by atoms with van der Waals surface area (Å²) in [6.07, 6.45) is 0.708. The molecule has 8 heteroatoms. The number of nitrogens with zero attached hydrogens (tertiary/aromatic N) is 3. The molecule has 1 fully saturated rings. The zero-order valence-corrected chi connectivity index (χ0v) is 21.9. The summed E-state index contributed by atoms with van der Waals surface area (Å²) in [7, 11) is 0. The first-order chi connectivity index (χ1) is 16.9. The van der Waals surface area contributed by atoms with Gasteiger partial charge in [0.25, 0.3) is 5.91 Å². The molecule has 1 aliphatic heterocycles. The van der Waals surface area contributed by atoms with E-state index in [1.807, 2.05) is 60.4 Å². The fourth-order valence-electron chi connectivity index (χ4n) is 4.26. The van der Waals surface area contributed by atoms with Crippen molar-refractivity contribution in [1.82, 2.24) is 14.8 Å². The number of rotatable bonds is 8. The zero-order chi connectivity index (χ0) is 24.8. The van der Waals surface area contributed by atoms with Gasteiger partial charge in [0.1, 0.15) is 11.3 Å². The topological polar surface area (TPSA) is 45.7 Å². The van der Waals surface area contributed by atoms with Gasteiger partial charge in [0, 0.05) is 60.6 Å². The smallest absolute Gasteiger partial charge is 0.254 e. The third-order valence-corrected chi connectivity index (χ3v) is 6.77. The van der Waals surface area contributed by atoms with Crippen molar-refractivity contribution >= 4 is 40.7 Å². The number of pyridine rings is 1. The summed E-state index contributed by atoms with van der Waals surface area (Å²) in [4.78, 5) is 21.2. The number of hydrogen-bond acceptors (Lipinski definition) is 4. The van der Waals surface area contributed by atoms with E-state index in [0.717, 1.165) is 42.9 Å². The Labute approximate surface area is 221 Å². The first-order valence-corrected chi connectivity index (χ1v) is 12.8. The number of aromatic nitrogens is 1. The lowest BCUT2D eigenvalue weighted by Gasteiger charge is -2.35. The predicted molar refractivity (Wildman–Crippen MR) is 142 cm³/mol. The Hall–Kier alpha value is -2.15. The van der Waals surface area contributed by atoms with Gasteiger partial charge < -0.3 is 9.64 Å². The molecule has 0 saturated carbocycles. The molecule has 35 heavy (non-hydrogen) atoms. The minimum Gasteiger partial charge on any atom is -0.369 e. The van der Waals surface area contributed by atoms with Gasteiger partial charge in [0.15, 0.2) is 0 Å². The van der Waals surface area contributed by atoms with Gasteiger partial charge in [-0.3, -0.25) is 9.69 Å². The molecule has 5 nitrogen and oxygen atoms in total. The minimum atomic E-state index is -0.186. The highest BCUT2D eigenvalue weighted by Crippen LogP contribution is 2.28. The Morgan fingerprint density at radius 1 is 0.914 bits per heavy atom. The molecule has 0 unspecified atom stereocenters. The summed E-state index contributed by atoms with van der Waals surface area (Å²) < 4.78 is 6.33. The molecule has 0 radical (unpaired) electrons. The van der Waals surface area contributed by atoms with E-state index in [-0.39, 0.29) is 12.0 Å². The molecule has 4 rings (SSSR count). The summed E-state index contributed by atoms with van der Waals surface area (Å²) in [5.74, 6) is 0.00848. The van der Waals surface area contributed by atoms with Gasteiger partial charge in [-0.2, -0.15) is 0 Å². The maximum Gasteiger partial charge on any atom is 0.254 e. The second-order valence-electron chi connectivity index (χ2n) is 8.66. The van der Waals surface area contributed by atoms with Crippen LogP contribution in [0.4, 0.5) is 0 Å². The highest BCUT2D eigenvalue weighted by Gasteiger charge is 2.23. The van der Waals surface area contributed by atoms with Gasteiger partial charge >= 0.3 is 0 Å². The number of carbonyl (C=O) groups excluding carboxylic acids is 1. The second-order valence-corrected chi connectivity index (χ2v) is 9.92. The number of halogens is 3. The molecular formula is C27H28Cl3N3O2. The summed E-state index contributed by atoms with van der Waals surface area (Å²) >= 11 is 18.2. The van der Waals surface area contributed by atoms with E-state index in [9.17, 15) is 4.79 Å². The third kappa shape index (κ3) is 7.18. The maximum atomic E-state index is 12.8. The van der Waals surface area contributed by atoms with Crippen molar-refractivity contribution < 1.29 is 9.53 Å². The van der Waals surface area contributed by atoms with Crippen LogP contribution in [0.25, 0.3) is 0 Å². The molecule has 1 aromatic heterocycles. The van der Waals surface area contributed by atoms with Crippen LogP contribution < -0.4 is 0 Å². The molecule has 0 spiro atoms. The van der Waals surface area contributed by atoms with Crippen LogP contribution in [-0.2, 0) is 4.74 Å². The van der Waals surface area contributed by atoms with Crippen molar-refractivity contribution in [3.63, 3.8) is 0 Å². The van der Waals surface area contributed by atoms with E-state index >= 15 is 0 Å². The lowest BCUT2D eigenvalue weighted by molar-refractivity contribution is 0.0549. The summed E-state index contributed by atoms with van der Waals surface area (Å²) in [5.41, 5.74) is 3.44. The number of ether oxygens (including phenoxy) is 1. The van der Waals surface area contributed by atoms with Crippen molar-refractivity contribution in [3.05, 3.63) is 98.2 Å². The molecule has 0 aliphatic carbocycles. The monoisotopic (exact) mass is 531 g/mol. The van der Waals surface area contributed by atoms with E-state index in [1.54, 1.807) is 12.1 Å². The van der Waals surface area contributed by atoms with Crippen LogP contribution in [0.15, 0.2) is 60.7 Å². The van der Waals surface area contributed by atoms with E-state index in [4.69, 9.17) is 39.5 Å². The first kappa shape index (κ1) is 25.9. The average Bonchev–Trinajstić information content (AvgIpc) is 2.85. The minimum absolute atomic E-state index is 0.00848. The molecule has 0 bridgehead atoms. The molecule has 0 N–H and O–H groups in total. The molecule has 3 aromatic rings. The Bertz CT molecular complexity index is 1070. The Balaban J connectivity index is 1.27. The van der Waals surface area contributed by atoms with Crippen LogP contribution in [0.3, 0.4) is 0 Å². The summed E-state index contributed by atoms with van der Waals surface area (Å²) in [5, 5.41) is 1.74. The van der Waals surface area contributed by atoms with Crippen LogP contribution in [0.5, 0.6) is 0 Å². The predicted octanol–water partition coefficient (Wildman–Crippen LogP) is 6.30. The highest BCUT2D eigenvalue weighted by molar-refractivity contribution is 6.31. The van der Waals surface area contributed by atoms with Crippen molar-refractivity contribution in [2.24, 2.45) is 0 Å². The maximum absolute atomic E-state index is 12.8. The average molecular weight is 533 g/mol. The molecule has 2 aromatic carbocycles. The molecule has 2 heterocycles. The van der Waals surface area contributed by atoms with Crippen LogP contribution in [0.2, 0.25) is 15.2 Å². The fraction of sp³-hybridized carbons (Fsp3) is 0.333. The Morgan fingerprint density at radius 3 is 2.03 bits per heavy atom. The molecule has 0 atom stereocenters. The Morgan fingerprint density at radius 2 is 1.49 bits per heavy atom. The molecule has 1 aliphatic rings. The van der Waals surface area contributed by atoms with Crippen molar-refractivity contribution in [3.8, 4) is 0 Å². The largest absolute Gasteiger partial charge is 0.369 e. The number of aryl methyl sites for hydroxylation is 1. The fourth-order valence-corrected chi connectivity index (χ4v) is 4.76. The lowest BCUT2D eigenvalue weighted by Crippen LogP contribution is -2.49. The number of hydrogen-bond donors (Lipinski definition) is 0. The normalized spacial score (nSPS) is 14.5. The number of benzene rings is 2. The molecule has 1 amide bonds. The number of carbonyl (C=O) groups is 1. The summed E-state index contributed by atoms with van der Waals surface area (Å²) in [6, 6.07) is 18.9. The highest BCUT2D eigenvalue weighted by atomic mass is 35.5. The van der Waals surface area contributed by atoms with Crippen molar-refractivity contribution in [2.75, 3.05) is 39.3 Å². The third-order valence-electron chi connectivity index (χ3n) is 6.08.